The number of amides is 2. The molecule has 2 amide bonds. The van der Waals surface area contributed by atoms with E-state index >= 15 is 0 Å². The summed E-state index contributed by atoms with van der Waals surface area (Å²) in [6.45, 7) is 1.88. The Labute approximate surface area is 143 Å². The molecule has 2 aromatic rings. The van der Waals surface area contributed by atoms with Gasteiger partial charge in [-0.2, -0.15) is 0 Å². The molecule has 0 heterocycles. The molecular weight excluding hydrogens is 335 g/mol. The van der Waals surface area contributed by atoms with Crippen LogP contribution in [0.1, 0.15) is 11.1 Å². The number of hydrogen-bond donors (Lipinski definition) is 2. The van der Waals surface area contributed by atoms with E-state index in [1.807, 2.05) is 0 Å². The molecule has 0 aliphatic heterocycles. The van der Waals surface area contributed by atoms with Crippen LogP contribution < -0.4 is 15.4 Å². The van der Waals surface area contributed by atoms with E-state index in [2.05, 4.69) is 10.6 Å². The molecule has 0 aliphatic carbocycles. The minimum absolute atomic E-state index is 0.114. The van der Waals surface area contributed by atoms with Crippen LogP contribution in [0.4, 0.5) is 10.1 Å². The Morgan fingerprint density at radius 1 is 1.17 bits per heavy atom. The second-order valence-electron chi connectivity index (χ2n) is 5.06. The zero-order chi connectivity index (χ0) is 17.7. The van der Waals surface area contributed by atoms with E-state index in [9.17, 15) is 14.0 Å². The smallest absolute Gasteiger partial charge is 0.313 e. The van der Waals surface area contributed by atoms with Gasteiger partial charge < -0.3 is 15.4 Å². The molecule has 126 valence electrons. The van der Waals surface area contributed by atoms with Gasteiger partial charge in [0.15, 0.2) is 0 Å². The van der Waals surface area contributed by atoms with Gasteiger partial charge in [-0.1, -0.05) is 23.7 Å². The molecule has 2 aromatic carbocycles. The number of rotatable bonds is 4. The third-order valence-corrected chi connectivity index (χ3v) is 3.71. The molecule has 0 saturated heterocycles. The van der Waals surface area contributed by atoms with Crippen LogP contribution in [0.25, 0.3) is 0 Å². The van der Waals surface area contributed by atoms with Gasteiger partial charge in [-0.05, 0) is 36.2 Å². The topological polar surface area (TPSA) is 67.4 Å². The first kappa shape index (κ1) is 17.7. The molecular formula is C17H16ClFN2O3. The van der Waals surface area contributed by atoms with Crippen LogP contribution >= 0.6 is 11.6 Å². The number of hydrogen-bond acceptors (Lipinski definition) is 3. The first-order valence-electron chi connectivity index (χ1n) is 7.08. The molecule has 2 rings (SSSR count). The van der Waals surface area contributed by atoms with E-state index in [1.54, 1.807) is 19.1 Å². The number of ether oxygens (including phenoxy) is 1. The van der Waals surface area contributed by atoms with Crippen LogP contribution in [0.3, 0.4) is 0 Å². The van der Waals surface area contributed by atoms with Gasteiger partial charge in [-0.25, -0.2) is 4.39 Å². The van der Waals surface area contributed by atoms with Gasteiger partial charge in [-0.15, -0.1) is 0 Å². The molecule has 24 heavy (non-hydrogen) atoms. The van der Waals surface area contributed by atoms with Crippen molar-refractivity contribution >= 4 is 29.1 Å². The van der Waals surface area contributed by atoms with Gasteiger partial charge in [0.2, 0.25) is 0 Å². The molecule has 0 aliphatic rings. The van der Waals surface area contributed by atoms with Crippen molar-refractivity contribution in [2.24, 2.45) is 0 Å². The number of carbonyl (C=O) groups is 2. The summed E-state index contributed by atoms with van der Waals surface area (Å²) in [6, 6.07) is 8.79. The lowest BCUT2D eigenvalue weighted by atomic mass is 10.2. The van der Waals surface area contributed by atoms with Gasteiger partial charge >= 0.3 is 11.8 Å². The summed E-state index contributed by atoms with van der Waals surface area (Å²) >= 11 is 5.99. The Kier molecular flexibility index (Phi) is 5.76. The van der Waals surface area contributed by atoms with Gasteiger partial charge in [0.05, 0.1) is 12.8 Å². The largest absolute Gasteiger partial charge is 0.495 e. The molecule has 2 N–H and O–H groups in total. The Morgan fingerprint density at radius 3 is 2.46 bits per heavy atom. The number of methoxy groups -OCH3 is 1. The highest BCUT2D eigenvalue weighted by atomic mass is 35.5. The number of aryl methyl sites for hydroxylation is 1. The van der Waals surface area contributed by atoms with Crippen molar-refractivity contribution in [2.45, 2.75) is 13.5 Å². The van der Waals surface area contributed by atoms with Crippen LogP contribution in [-0.2, 0) is 16.1 Å². The van der Waals surface area contributed by atoms with E-state index in [-0.39, 0.29) is 12.4 Å². The van der Waals surface area contributed by atoms with Crippen LogP contribution in [0.15, 0.2) is 36.4 Å². The van der Waals surface area contributed by atoms with Crippen LogP contribution in [0.5, 0.6) is 5.75 Å². The molecule has 0 saturated carbocycles. The minimum Gasteiger partial charge on any atom is -0.495 e. The summed E-state index contributed by atoms with van der Waals surface area (Å²) in [4.78, 5) is 23.9. The fraction of sp³-hybridized carbons (Fsp3) is 0.176. The lowest BCUT2D eigenvalue weighted by Crippen LogP contribution is -2.35. The number of halogens is 2. The number of nitrogens with one attached hydrogen (secondary N) is 2. The Morgan fingerprint density at radius 2 is 1.83 bits per heavy atom. The molecule has 0 bridgehead atoms. The second kappa shape index (κ2) is 7.79. The Balaban J connectivity index is 2.00. The van der Waals surface area contributed by atoms with Gasteiger partial charge in [0.1, 0.15) is 11.6 Å². The zero-order valence-electron chi connectivity index (χ0n) is 13.2. The third kappa shape index (κ3) is 4.45. The van der Waals surface area contributed by atoms with Crippen molar-refractivity contribution in [1.82, 2.24) is 5.32 Å². The fourth-order valence-electron chi connectivity index (χ4n) is 1.97. The van der Waals surface area contributed by atoms with Crippen LogP contribution in [0.2, 0.25) is 5.02 Å². The molecule has 7 heteroatoms. The van der Waals surface area contributed by atoms with Crippen molar-refractivity contribution < 1.29 is 18.7 Å². The molecule has 0 atom stereocenters. The molecule has 0 radical (unpaired) electrons. The van der Waals surface area contributed by atoms with Crippen LogP contribution in [-0.4, -0.2) is 18.9 Å². The SMILES string of the molecule is COc1cc(Cl)c(C)cc1NC(=O)C(=O)NCc1ccc(F)cc1. The van der Waals surface area contributed by atoms with E-state index in [1.165, 1.54) is 31.4 Å². The quantitative estimate of drug-likeness (QED) is 0.833. The molecule has 5 nitrogen and oxygen atoms in total. The standard InChI is InChI=1S/C17H16ClFN2O3/c1-10-7-14(15(24-2)8-13(10)18)21-17(23)16(22)20-9-11-3-5-12(19)6-4-11/h3-8H,9H2,1-2H3,(H,20,22)(H,21,23). The van der Waals surface area contributed by atoms with Crippen molar-refractivity contribution in [3.8, 4) is 5.75 Å². The Hall–Kier alpha value is -2.60. The average Bonchev–Trinajstić information content (AvgIpc) is 2.57. The monoisotopic (exact) mass is 350 g/mol. The lowest BCUT2D eigenvalue weighted by Gasteiger charge is -2.12. The second-order valence-corrected chi connectivity index (χ2v) is 5.47. The van der Waals surface area contributed by atoms with E-state index in [0.29, 0.717) is 22.0 Å². The number of anilines is 1. The molecule has 0 unspecified atom stereocenters. The predicted molar refractivity (Wildman–Crippen MR) is 89.6 cm³/mol. The highest BCUT2D eigenvalue weighted by Crippen LogP contribution is 2.30. The Bertz CT molecular complexity index is 763. The van der Waals surface area contributed by atoms with Crippen molar-refractivity contribution in [3.05, 3.63) is 58.4 Å². The van der Waals surface area contributed by atoms with Crippen molar-refractivity contribution in [3.63, 3.8) is 0 Å². The summed E-state index contributed by atoms with van der Waals surface area (Å²) in [7, 11) is 1.44. The predicted octanol–water partition coefficient (Wildman–Crippen LogP) is 3.05. The van der Waals surface area contributed by atoms with Gasteiger partial charge in [-0.3, -0.25) is 9.59 Å². The molecule has 0 aromatic heterocycles. The maximum atomic E-state index is 12.8. The summed E-state index contributed by atoms with van der Waals surface area (Å²) in [5, 5.41) is 5.43. The lowest BCUT2D eigenvalue weighted by molar-refractivity contribution is -0.136. The van der Waals surface area contributed by atoms with Crippen molar-refractivity contribution in [1.29, 1.82) is 0 Å². The summed E-state index contributed by atoms with van der Waals surface area (Å²) in [5.74, 6) is -1.66. The van der Waals surface area contributed by atoms with E-state index in [4.69, 9.17) is 16.3 Å². The van der Waals surface area contributed by atoms with Crippen LogP contribution in [0, 0.1) is 12.7 Å². The maximum absolute atomic E-state index is 12.8. The first-order chi connectivity index (χ1) is 11.4. The van der Waals surface area contributed by atoms with Gasteiger partial charge in [0, 0.05) is 17.6 Å². The average molecular weight is 351 g/mol. The first-order valence-corrected chi connectivity index (χ1v) is 7.46. The third-order valence-electron chi connectivity index (χ3n) is 3.30. The summed E-state index contributed by atoms with van der Waals surface area (Å²) in [5.41, 5.74) is 1.76. The summed E-state index contributed by atoms with van der Waals surface area (Å²) < 4.78 is 18.0. The summed E-state index contributed by atoms with van der Waals surface area (Å²) in [6.07, 6.45) is 0. The molecule has 0 spiro atoms. The van der Waals surface area contributed by atoms with E-state index in [0.717, 1.165) is 5.56 Å². The maximum Gasteiger partial charge on any atom is 0.313 e. The minimum atomic E-state index is -0.836. The highest BCUT2D eigenvalue weighted by Gasteiger charge is 2.16. The number of benzene rings is 2. The fourth-order valence-corrected chi connectivity index (χ4v) is 2.13. The molecule has 0 fully saturated rings. The van der Waals surface area contributed by atoms with Gasteiger partial charge in [0.25, 0.3) is 0 Å². The zero-order valence-corrected chi connectivity index (χ0v) is 13.9. The normalized spacial score (nSPS) is 10.2. The van der Waals surface area contributed by atoms with Crippen molar-refractivity contribution in [2.75, 3.05) is 12.4 Å². The number of carbonyl (C=O) groups excluding carboxylic acids is 2. The highest BCUT2D eigenvalue weighted by molar-refractivity contribution is 6.40. The van der Waals surface area contributed by atoms with E-state index < -0.39 is 11.8 Å².